The maximum atomic E-state index is 8.87. The summed E-state index contributed by atoms with van der Waals surface area (Å²) in [6, 6.07) is 14.3. The van der Waals surface area contributed by atoms with E-state index in [1.807, 2.05) is 30.5 Å². The van der Waals surface area contributed by atoms with Crippen molar-refractivity contribution < 1.29 is 0 Å². The van der Waals surface area contributed by atoms with Gasteiger partial charge < -0.3 is 15.5 Å². The van der Waals surface area contributed by atoms with Crippen LogP contribution in [0.3, 0.4) is 0 Å². The number of anilines is 1. The average Bonchev–Trinajstić information content (AvgIpc) is 2.72. The van der Waals surface area contributed by atoms with Gasteiger partial charge in [0.2, 0.25) is 0 Å². The fraction of sp³-hybridized carbons (Fsp3) is 0.381. The number of nitriles is 1. The van der Waals surface area contributed by atoms with Gasteiger partial charge in [-0.05, 0) is 49.1 Å². The van der Waals surface area contributed by atoms with Crippen LogP contribution in [0.4, 0.5) is 5.82 Å². The van der Waals surface area contributed by atoms with E-state index in [2.05, 4.69) is 50.6 Å². The first-order chi connectivity index (χ1) is 13.2. The van der Waals surface area contributed by atoms with Gasteiger partial charge in [0.1, 0.15) is 5.82 Å². The largest absolute Gasteiger partial charge is 0.356 e. The Morgan fingerprint density at radius 3 is 2.50 bits per heavy atom. The van der Waals surface area contributed by atoms with Crippen molar-refractivity contribution in [1.82, 2.24) is 15.6 Å². The third-order valence-corrected chi connectivity index (χ3v) is 4.82. The average molecular weight is 490 g/mol. The molecule has 0 unspecified atom stereocenters. The molecule has 1 aromatic heterocycles. The lowest BCUT2D eigenvalue weighted by atomic mass is 10.1. The topological polar surface area (TPSA) is 76.3 Å². The highest BCUT2D eigenvalue weighted by Crippen LogP contribution is 2.18. The molecular weight excluding hydrogens is 463 g/mol. The fourth-order valence-corrected chi connectivity index (χ4v) is 3.17. The van der Waals surface area contributed by atoms with Crippen molar-refractivity contribution >= 4 is 35.8 Å². The molecule has 6 nitrogen and oxygen atoms in total. The van der Waals surface area contributed by atoms with Crippen LogP contribution in [0, 0.1) is 18.3 Å². The quantitative estimate of drug-likeness (QED) is 0.391. The lowest BCUT2D eigenvalue weighted by Gasteiger charge is -2.33. The Labute approximate surface area is 184 Å². The Morgan fingerprint density at radius 2 is 1.93 bits per heavy atom. The van der Waals surface area contributed by atoms with Crippen LogP contribution in [0.2, 0.25) is 0 Å². The lowest BCUT2D eigenvalue weighted by Crippen LogP contribution is -2.48. The summed E-state index contributed by atoms with van der Waals surface area (Å²) in [6.45, 7) is 4.71. The minimum Gasteiger partial charge on any atom is -0.356 e. The lowest BCUT2D eigenvalue weighted by molar-refractivity contribution is 0.459. The van der Waals surface area contributed by atoms with Crippen molar-refractivity contribution in [2.75, 3.05) is 25.0 Å². The number of halogens is 1. The molecule has 1 fully saturated rings. The molecule has 1 aliphatic heterocycles. The van der Waals surface area contributed by atoms with Crippen molar-refractivity contribution in [2.45, 2.75) is 32.4 Å². The highest BCUT2D eigenvalue weighted by molar-refractivity contribution is 14.0. The Kier molecular flexibility index (Phi) is 8.51. The van der Waals surface area contributed by atoms with Gasteiger partial charge in [-0.1, -0.05) is 18.2 Å². The molecule has 2 heterocycles. The second kappa shape index (κ2) is 10.9. The van der Waals surface area contributed by atoms with Gasteiger partial charge in [-0.2, -0.15) is 5.26 Å². The summed E-state index contributed by atoms with van der Waals surface area (Å²) in [4.78, 5) is 11.2. The number of aryl methyl sites for hydroxylation is 1. The zero-order valence-corrected chi connectivity index (χ0v) is 18.7. The summed E-state index contributed by atoms with van der Waals surface area (Å²) < 4.78 is 0. The molecule has 0 amide bonds. The van der Waals surface area contributed by atoms with Gasteiger partial charge in [-0.15, -0.1) is 24.0 Å². The van der Waals surface area contributed by atoms with Crippen LogP contribution >= 0.6 is 24.0 Å². The summed E-state index contributed by atoms with van der Waals surface area (Å²) in [5.41, 5.74) is 2.99. The number of benzene rings is 1. The molecule has 2 N–H and O–H groups in total. The molecule has 2 aromatic rings. The highest BCUT2D eigenvalue weighted by atomic mass is 127. The monoisotopic (exact) mass is 490 g/mol. The van der Waals surface area contributed by atoms with E-state index in [4.69, 9.17) is 5.26 Å². The summed E-state index contributed by atoms with van der Waals surface area (Å²) in [7, 11) is 1.79. The van der Waals surface area contributed by atoms with E-state index in [0.717, 1.165) is 43.3 Å². The molecule has 7 heteroatoms. The number of aromatic nitrogens is 1. The first-order valence-electron chi connectivity index (χ1n) is 9.32. The molecule has 1 saturated heterocycles. The molecule has 1 aliphatic rings. The van der Waals surface area contributed by atoms with E-state index < -0.39 is 0 Å². The smallest absolute Gasteiger partial charge is 0.191 e. The maximum absolute atomic E-state index is 8.87. The van der Waals surface area contributed by atoms with Crippen LogP contribution in [-0.4, -0.2) is 37.1 Å². The molecular formula is C21H27IN6. The maximum Gasteiger partial charge on any atom is 0.191 e. The Balaban J connectivity index is 0.00000280. The predicted molar refractivity (Wildman–Crippen MR) is 124 cm³/mol. The number of hydrogen-bond acceptors (Lipinski definition) is 4. The van der Waals surface area contributed by atoms with Gasteiger partial charge >= 0.3 is 0 Å². The molecule has 3 rings (SSSR count). The van der Waals surface area contributed by atoms with Gasteiger partial charge in [-0.3, -0.25) is 4.99 Å². The second-order valence-electron chi connectivity index (χ2n) is 6.83. The summed E-state index contributed by atoms with van der Waals surface area (Å²) in [5, 5.41) is 15.7. The zero-order chi connectivity index (χ0) is 19.1. The van der Waals surface area contributed by atoms with Crippen molar-refractivity contribution in [3.05, 3.63) is 59.3 Å². The summed E-state index contributed by atoms with van der Waals surface area (Å²) in [5.74, 6) is 1.87. The van der Waals surface area contributed by atoms with E-state index in [1.165, 1.54) is 5.56 Å². The van der Waals surface area contributed by atoms with Crippen molar-refractivity contribution in [2.24, 2.45) is 4.99 Å². The second-order valence-corrected chi connectivity index (χ2v) is 6.83. The summed E-state index contributed by atoms with van der Waals surface area (Å²) >= 11 is 0. The normalized spacial score (nSPS) is 14.8. The van der Waals surface area contributed by atoms with E-state index in [-0.39, 0.29) is 24.0 Å². The number of pyridine rings is 1. The molecule has 0 atom stereocenters. The third-order valence-electron chi connectivity index (χ3n) is 4.82. The number of piperidine rings is 1. The van der Waals surface area contributed by atoms with Gasteiger partial charge in [0.05, 0.1) is 11.6 Å². The molecule has 28 heavy (non-hydrogen) atoms. The Morgan fingerprint density at radius 1 is 1.21 bits per heavy atom. The number of aliphatic imine (C=N–C) groups is 1. The molecule has 0 radical (unpaired) electrons. The van der Waals surface area contributed by atoms with E-state index in [1.54, 1.807) is 7.05 Å². The summed E-state index contributed by atoms with van der Waals surface area (Å²) in [6.07, 6.45) is 4.02. The Hall–Kier alpha value is -2.34. The molecule has 0 spiro atoms. The molecule has 0 saturated carbocycles. The number of nitrogens with one attached hydrogen (secondary N) is 2. The van der Waals surface area contributed by atoms with Crippen molar-refractivity contribution in [3.63, 3.8) is 0 Å². The van der Waals surface area contributed by atoms with E-state index >= 15 is 0 Å². The van der Waals surface area contributed by atoms with Gasteiger partial charge in [0.25, 0.3) is 0 Å². The van der Waals surface area contributed by atoms with Gasteiger partial charge in [0.15, 0.2) is 5.96 Å². The van der Waals surface area contributed by atoms with Crippen LogP contribution in [0.1, 0.15) is 29.5 Å². The van der Waals surface area contributed by atoms with Crippen LogP contribution in [0.5, 0.6) is 0 Å². The highest BCUT2D eigenvalue weighted by Gasteiger charge is 2.20. The molecule has 148 valence electrons. The molecule has 0 bridgehead atoms. The van der Waals surface area contributed by atoms with E-state index in [9.17, 15) is 0 Å². The first kappa shape index (κ1) is 22.0. The van der Waals surface area contributed by atoms with Crippen molar-refractivity contribution in [1.29, 1.82) is 5.26 Å². The minimum absolute atomic E-state index is 0. The SMILES string of the molecule is CN=C(NCc1ccc(C#N)cc1)NC1CCN(c2ccc(C)cn2)CC1.I. The third kappa shape index (κ3) is 6.09. The predicted octanol–water partition coefficient (Wildman–Crippen LogP) is 3.21. The number of hydrogen-bond donors (Lipinski definition) is 2. The van der Waals surface area contributed by atoms with Gasteiger partial charge in [-0.25, -0.2) is 4.98 Å². The van der Waals surface area contributed by atoms with Crippen LogP contribution in [0.25, 0.3) is 0 Å². The molecule has 0 aliphatic carbocycles. The van der Waals surface area contributed by atoms with Crippen molar-refractivity contribution in [3.8, 4) is 6.07 Å². The molecule has 1 aromatic carbocycles. The van der Waals surface area contributed by atoms with Crippen LogP contribution in [0.15, 0.2) is 47.6 Å². The number of guanidine groups is 1. The fourth-order valence-electron chi connectivity index (χ4n) is 3.17. The van der Waals surface area contributed by atoms with E-state index in [0.29, 0.717) is 18.2 Å². The van der Waals surface area contributed by atoms with Crippen LogP contribution < -0.4 is 15.5 Å². The zero-order valence-electron chi connectivity index (χ0n) is 16.4. The Bertz CT molecular complexity index is 802. The number of rotatable bonds is 4. The standard InChI is InChI=1S/C21H26N6.HI/c1-16-3-8-20(24-14-16)27-11-9-19(10-12-27)26-21(23-2)25-15-18-6-4-17(13-22)5-7-18;/h3-8,14,19H,9-12,15H2,1-2H3,(H2,23,25,26);1H. The van der Waals surface area contributed by atoms with Crippen LogP contribution in [-0.2, 0) is 6.54 Å². The number of nitrogens with zero attached hydrogens (tertiary/aromatic N) is 4. The minimum atomic E-state index is 0. The first-order valence-corrected chi connectivity index (χ1v) is 9.32. The van der Waals surface area contributed by atoms with Gasteiger partial charge in [0, 0.05) is 38.9 Å².